The highest BCUT2D eigenvalue weighted by Crippen LogP contribution is 2.26. The number of hydrogen-bond donors (Lipinski definition) is 1. The number of benzene rings is 1. The fourth-order valence-electron chi connectivity index (χ4n) is 2.97. The van der Waals surface area contributed by atoms with Crippen LogP contribution >= 0.6 is 0 Å². The third-order valence-corrected chi connectivity index (χ3v) is 4.16. The maximum absolute atomic E-state index is 13.1. The van der Waals surface area contributed by atoms with E-state index >= 15 is 0 Å². The minimum absolute atomic E-state index is 0.00144. The van der Waals surface area contributed by atoms with Gasteiger partial charge in [-0.05, 0) is 36.2 Å². The van der Waals surface area contributed by atoms with E-state index in [1.807, 2.05) is 6.92 Å². The molecule has 4 aromatic rings. The third kappa shape index (κ3) is 2.54. The molecule has 0 bridgehead atoms. The molecule has 0 saturated heterocycles. The number of pyridine rings is 2. The number of halogens is 1. The molecule has 130 valence electrons. The summed E-state index contributed by atoms with van der Waals surface area (Å²) in [6.45, 7) is 1.94. The van der Waals surface area contributed by atoms with Gasteiger partial charge in [-0.25, -0.2) is 14.2 Å². The van der Waals surface area contributed by atoms with Gasteiger partial charge in [0.15, 0.2) is 5.58 Å². The summed E-state index contributed by atoms with van der Waals surface area (Å²) in [6, 6.07) is 8.33. The number of nitrogens with zero attached hydrogens (tertiary/aromatic N) is 2. The summed E-state index contributed by atoms with van der Waals surface area (Å²) in [5.74, 6) is -0.824. The minimum atomic E-state index is -0.756. The van der Waals surface area contributed by atoms with E-state index in [2.05, 4.69) is 4.98 Å². The molecule has 0 atom stereocenters. The maximum Gasteiger partial charge on any atom is 0.339 e. The van der Waals surface area contributed by atoms with Crippen molar-refractivity contribution in [3.05, 3.63) is 80.3 Å². The molecule has 3 heterocycles. The van der Waals surface area contributed by atoms with Crippen LogP contribution in [-0.2, 0) is 6.54 Å². The Morgan fingerprint density at radius 2 is 1.92 bits per heavy atom. The molecule has 0 fully saturated rings. The maximum atomic E-state index is 13.1. The molecule has 0 radical (unpaired) electrons. The highest BCUT2D eigenvalue weighted by Gasteiger charge is 2.18. The number of aryl methyl sites for hydroxylation is 1. The fourth-order valence-corrected chi connectivity index (χ4v) is 2.97. The predicted octanol–water partition coefficient (Wildman–Crippen LogP) is 2.70. The van der Waals surface area contributed by atoms with E-state index in [0.717, 1.165) is 11.6 Å². The van der Waals surface area contributed by atoms with Crippen molar-refractivity contribution in [3.63, 3.8) is 0 Å². The average molecular weight is 352 g/mol. The van der Waals surface area contributed by atoms with Crippen LogP contribution in [-0.4, -0.2) is 14.7 Å². The summed E-state index contributed by atoms with van der Waals surface area (Å²) in [6.07, 6.45) is 1.59. The van der Waals surface area contributed by atoms with Crippen LogP contribution in [0.25, 0.3) is 22.0 Å². The van der Waals surface area contributed by atoms with E-state index in [-0.39, 0.29) is 23.3 Å². The Balaban J connectivity index is 2.11. The van der Waals surface area contributed by atoms with Crippen LogP contribution < -0.4 is 11.2 Å². The summed E-state index contributed by atoms with van der Waals surface area (Å²) in [7, 11) is 0. The molecule has 0 saturated carbocycles. The summed E-state index contributed by atoms with van der Waals surface area (Å²) in [4.78, 5) is 28.9. The minimum Gasteiger partial charge on any atom is -0.507 e. The monoisotopic (exact) mass is 352 g/mol. The van der Waals surface area contributed by atoms with Gasteiger partial charge in [-0.3, -0.25) is 9.36 Å². The lowest BCUT2D eigenvalue weighted by molar-refractivity contribution is 0.467. The lowest BCUT2D eigenvalue weighted by atomic mass is 10.1. The van der Waals surface area contributed by atoms with Gasteiger partial charge in [0.05, 0.1) is 18.0 Å². The molecule has 1 aromatic carbocycles. The molecular weight excluding hydrogens is 339 g/mol. The number of hydrogen-bond acceptors (Lipinski definition) is 5. The summed E-state index contributed by atoms with van der Waals surface area (Å²) >= 11 is 0. The molecule has 0 amide bonds. The molecular formula is C19H13FN2O4. The van der Waals surface area contributed by atoms with Gasteiger partial charge in [0.1, 0.15) is 22.6 Å². The van der Waals surface area contributed by atoms with Crippen molar-refractivity contribution < 1.29 is 13.9 Å². The van der Waals surface area contributed by atoms with Crippen LogP contribution in [0.5, 0.6) is 5.75 Å². The largest absolute Gasteiger partial charge is 0.507 e. The van der Waals surface area contributed by atoms with Gasteiger partial charge < -0.3 is 9.52 Å². The second-order valence-corrected chi connectivity index (χ2v) is 6.06. The number of fused-ring (bicyclic) bond motifs is 3. The standard InChI is InChI=1S/C19H13FN2O4/c1-10-6-13-17-16(14(23)7-15(24)26-17)19(25)22(18(13)21-8-10)9-11-2-4-12(20)5-3-11/h2-8,23H,9H2,1H3. The van der Waals surface area contributed by atoms with Crippen LogP contribution in [0, 0.1) is 12.7 Å². The summed E-state index contributed by atoms with van der Waals surface area (Å²) in [5, 5.41) is 10.5. The second kappa shape index (κ2) is 5.80. The van der Waals surface area contributed by atoms with Crippen molar-refractivity contribution in [2.24, 2.45) is 0 Å². The van der Waals surface area contributed by atoms with Crippen molar-refractivity contribution in [2.45, 2.75) is 13.5 Å². The van der Waals surface area contributed by atoms with Gasteiger partial charge >= 0.3 is 5.63 Å². The van der Waals surface area contributed by atoms with E-state index < -0.39 is 16.9 Å². The first kappa shape index (κ1) is 16.0. The first-order valence-electron chi connectivity index (χ1n) is 7.84. The smallest absolute Gasteiger partial charge is 0.339 e. The number of rotatable bonds is 2. The molecule has 26 heavy (non-hydrogen) atoms. The zero-order valence-electron chi connectivity index (χ0n) is 13.7. The van der Waals surface area contributed by atoms with Gasteiger partial charge in [-0.2, -0.15) is 0 Å². The quantitative estimate of drug-likeness (QED) is 0.561. The normalized spacial score (nSPS) is 11.3. The molecule has 0 aliphatic heterocycles. The van der Waals surface area contributed by atoms with Crippen molar-refractivity contribution in [1.82, 2.24) is 9.55 Å². The molecule has 0 unspecified atom stereocenters. The van der Waals surface area contributed by atoms with Crippen molar-refractivity contribution in [1.29, 1.82) is 0 Å². The van der Waals surface area contributed by atoms with Gasteiger partial charge in [0, 0.05) is 6.20 Å². The lowest BCUT2D eigenvalue weighted by Gasteiger charge is -2.12. The van der Waals surface area contributed by atoms with Gasteiger partial charge in [-0.1, -0.05) is 12.1 Å². The molecule has 6 nitrogen and oxygen atoms in total. The Morgan fingerprint density at radius 3 is 2.65 bits per heavy atom. The highest BCUT2D eigenvalue weighted by molar-refractivity contribution is 6.02. The molecule has 4 rings (SSSR count). The Morgan fingerprint density at radius 1 is 1.19 bits per heavy atom. The second-order valence-electron chi connectivity index (χ2n) is 6.06. The Kier molecular flexibility index (Phi) is 3.57. The first-order valence-corrected chi connectivity index (χ1v) is 7.84. The van der Waals surface area contributed by atoms with Crippen molar-refractivity contribution >= 4 is 22.0 Å². The highest BCUT2D eigenvalue weighted by atomic mass is 19.1. The van der Waals surface area contributed by atoms with E-state index in [0.29, 0.717) is 16.6 Å². The average Bonchev–Trinajstić information content (AvgIpc) is 2.59. The fraction of sp³-hybridized carbons (Fsp3) is 0.105. The van der Waals surface area contributed by atoms with Crippen LogP contribution in [0.2, 0.25) is 0 Å². The molecule has 0 aliphatic rings. The van der Waals surface area contributed by atoms with Gasteiger partial charge in [-0.15, -0.1) is 0 Å². The molecule has 3 aromatic heterocycles. The molecule has 0 spiro atoms. The van der Waals surface area contributed by atoms with E-state index in [4.69, 9.17) is 4.42 Å². The number of aromatic nitrogens is 2. The Bertz CT molecular complexity index is 1270. The molecule has 1 N–H and O–H groups in total. The predicted molar refractivity (Wildman–Crippen MR) is 93.9 cm³/mol. The lowest BCUT2D eigenvalue weighted by Crippen LogP contribution is -2.23. The van der Waals surface area contributed by atoms with Gasteiger partial charge in [0.25, 0.3) is 5.56 Å². The van der Waals surface area contributed by atoms with Crippen LogP contribution in [0.4, 0.5) is 4.39 Å². The summed E-state index contributed by atoms with van der Waals surface area (Å²) in [5.41, 5.74) is 0.501. The Hall–Kier alpha value is -3.48. The third-order valence-electron chi connectivity index (χ3n) is 4.16. The van der Waals surface area contributed by atoms with Crippen LogP contribution in [0.1, 0.15) is 11.1 Å². The summed E-state index contributed by atoms with van der Waals surface area (Å²) < 4.78 is 19.7. The number of aromatic hydroxyl groups is 1. The van der Waals surface area contributed by atoms with E-state index in [9.17, 15) is 19.1 Å². The van der Waals surface area contributed by atoms with Crippen molar-refractivity contribution in [3.8, 4) is 5.75 Å². The van der Waals surface area contributed by atoms with Crippen LogP contribution in [0.15, 0.2) is 56.6 Å². The molecule has 7 heteroatoms. The molecule has 0 aliphatic carbocycles. The first-order chi connectivity index (χ1) is 12.4. The van der Waals surface area contributed by atoms with Crippen molar-refractivity contribution in [2.75, 3.05) is 0 Å². The topological polar surface area (TPSA) is 85.3 Å². The van der Waals surface area contributed by atoms with Gasteiger partial charge in [0.2, 0.25) is 0 Å². The van der Waals surface area contributed by atoms with E-state index in [1.54, 1.807) is 24.4 Å². The zero-order valence-corrected chi connectivity index (χ0v) is 13.7. The van der Waals surface area contributed by atoms with E-state index in [1.165, 1.54) is 16.7 Å². The zero-order chi connectivity index (χ0) is 18.4. The Labute approximate surface area is 145 Å². The SMILES string of the molecule is Cc1cnc2c(c1)c1oc(=O)cc(O)c1c(=O)n2Cc1ccc(F)cc1. The van der Waals surface area contributed by atoms with Crippen LogP contribution in [0.3, 0.4) is 0 Å².